The number of nitrogens with zero attached hydrogens (tertiary/aromatic N) is 1. The zero-order chi connectivity index (χ0) is 18.4. The summed E-state index contributed by atoms with van der Waals surface area (Å²) >= 11 is 0. The van der Waals surface area contributed by atoms with Crippen molar-refractivity contribution in [3.05, 3.63) is 70.5 Å². The highest BCUT2D eigenvalue weighted by Gasteiger charge is 2.06. The molecule has 0 aliphatic carbocycles. The molecule has 2 aromatic carbocycles. The van der Waals surface area contributed by atoms with Crippen LogP contribution in [0.2, 0.25) is 0 Å². The summed E-state index contributed by atoms with van der Waals surface area (Å²) in [4.78, 5) is 26.6. The molecule has 26 heavy (non-hydrogen) atoms. The number of fused-ring (bicyclic) bond motifs is 1. The van der Waals surface area contributed by atoms with Crippen LogP contribution in [0.15, 0.2) is 64.5 Å². The van der Waals surface area contributed by atoms with Crippen LogP contribution in [0.1, 0.15) is 5.56 Å². The van der Waals surface area contributed by atoms with E-state index >= 15 is 0 Å². The number of rotatable bonds is 6. The van der Waals surface area contributed by atoms with Crippen LogP contribution in [-0.2, 0) is 4.79 Å². The van der Waals surface area contributed by atoms with Gasteiger partial charge in [0.15, 0.2) is 18.1 Å². The summed E-state index contributed by atoms with van der Waals surface area (Å²) in [5.74, 6) is 0.538. The first-order valence-corrected chi connectivity index (χ1v) is 7.87. The molecule has 0 saturated carbocycles. The average Bonchev–Trinajstić information content (AvgIpc) is 2.67. The summed E-state index contributed by atoms with van der Waals surface area (Å²) in [6.07, 6.45) is 1.30. The van der Waals surface area contributed by atoms with E-state index in [-0.39, 0.29) is 12.2 Å². The Labute approximate surface area is 149 Å². The van der Waals surface area contributed by atoms with E-state index in [1.54, 1.807) is 30.3 Å². The summed E-state index contributed by atoms with van der Waals surface area (Å²) in [6.45, 7) is -0.230. The van der Waals surface area contributed by atoms with Gasteiger partial charge in [-0.2, -0.15) is 5.10 Å². The van der Waals surface area contributed by atoms with Crippen LogP contribution in [0, 0.1) is 0 Å². The summed E-state index contributed by atoms with van der Waals surface area (Å²) in [5, 5.41) is 4.68. The quantitative estimate of drug-likeness (QED) is 0.525. The Hall–Kier alpha value is -3.61. The van der Waals surface area contributed by atoms with Gasteiger partial charge in [0.25, 0.3) is 11.5 Å². The molecular weight excluding hydrogens is 334 g/mol. The molecule has 3 aromatic rings. The predicted octanol–water partition coefficient (Wildman–Crippen LogP) is 2.07. The van der Waals surface area contributed by atoms with Crippen LogP contribution in [-0.4, -0.2) is 30.8 Å². The van der Waals surface area contributed by atoms with Gasteiger partial charge in [0, 0.05) is 5.52 Å². The van der Waals surface area contributed by atoms with Crippen LogP contribution < -0.4 is 20.5 Å². The van der Waals surface area contributed by atoms with Gasteiger partial charge < -0.3 is 14.5 Å². The zero-order valence-electron chi connectivity index (χ0n) is 14.1. The van der Waals surface area contributed by atoms with Gasteiger partial charge >= 0.3 is 0 Å². The summed E-state index contributed by atoms with van der Waals surface area (Å²) in [6, 6.07) is 16.1. The molecule has 132 valence electrons. The Morgan fingerprint density at radius 2 is 1.88 bits per heavy atom. The minimum Gasteiger partial charge on any atom is -0.493 e. The van der Waals surface area contributed by atoms with Crippen molar-refractivity contribution in [1.29, 1.82) is 0 Å². The fourth-order valence-corrected chi connectivity index (χ4v) is 2.35. The minimum atomic E-state index is -0.454. The monoisotopic (exact) mass is 351 g/mol. The summed E-state index contributed by atoms with van der Waals surface area (Å²) in [7, 11) is 1.52. The minimum absolute atomic E-state index is 0.230. The van der Waals surface area contributed by atoms with Crippen molar-refractivity contribution in [2.75, 3.05) is 13.7 Å². The first-order chi connectivity index (χ1) is 12.7. The maximum absolute atomic E-state index is 12.0. The van der Waals surface area contributed by atoms with Crippen molar-refractivity contribution in [1.82, 2.24) is 10.4 Å². The molecule has 0 aliphatic rings. The third kappa shape index (κ3) is 4.07. The Kier molecular flexibility index (Phi) is 5.28. The van der Waals surface area contributed by atoms with Gasteiger partial charge in [-0.3, -0.25) is 9.59 Å². The average molecular weight is 351 g/mol. The van der Waals surface area contributed by atoms with E-state index < -0.39 is 5.91 Å². The highest BCUT2D eigenvalue weighted by atomic mass is 16.5. The number of hydrogen-bond donors (Lipinski definition) is 2. The fourth-order valence-electron chi connectivity index (χ4n) is 2.35. The number of H-pyrrole nitrogens is 1. The third-order valence-corrected chi connectivity index (χ3v) is 3.60. The van der Waals surface area contributed by atoms with Gasteiger partial charge in [0.05, 0.1) is 18.9 Å². The molecule has 0 atom stereocenters. The molecule has 3 rings (SSSR count). The number of ether oxygens (including phenoxy) is 2. The lowest BCUT2D eigenvalue weighted by atomic mass is 10.2. The van der Waals surface area contributed by atoms with Gasteiger partial charge in [-0.15, -0.1) is 0 Å². The van der Waals surface area contributed by atoms with Crippen LogP contribution in [0.25, 0.3) is 10.9 Å². The molecule has 1 aromatic heterocycles. The highest BCUT2D eigenvalue weighted by Crippen LogP contribution is 2.25. The predicted molar refractivity (Wildman–Crippen MR) is 98.8 cm³/mol. The van der Waals surface area contributed by atoms with Crippen molar-refractivity contribution in [3.8, 4) is 11.5 Å². The second kappa shape index (κ2) is 7.98. The molecular formula is C19H17N3O4. The van der Waals surface area contributed by atoms with E-state index in [0.29, 0.717) is 17.1 Å². The number of hydrogen-bond acceptors (Lipinski definition) is 5. The van der Waals surface area contributed by atoms with Gasteiger partial charge in [-0.25, -0.2) is 5.43 Å². The SMILES string of the molecule is COc1ccccc1OCC(=O)NN=Cc1cc2ccccc2[nH]c1=O. The third-order valence-electron chi connectivity index (χ3n) is 3.60. The number of para-hydroxylation sites is 3. The Bertz CT molecular complexity index is 1010. The van der Waals surface area contributed by atoms with Gasteiger partial charge in [-0.05, 0) is 29.7 Å². The van der Waals surface area contributed by atoms with E-state index in [2.05, 4.69) is 15.5 Å². The van der Waals surface area contributed by atoms with Crippen LogP contribution in [0.4, 0.5) is 0 Å². The molecule has 7 heteroatoms. The lowest BCUT2D eigenvalue weighted by Crippen LogP contribution is -2.25. The van der Waals surface area contributed by atoms with Crippen molar-refractivity contribution in [2.45, 2.75) is 0 Å². The number of hydrazone groups is 1. The Morgan fingerprint density at radius 3 is 2.69 bits per heavy atom. The van der Waals surface area contributed by atoms with E-state index in [9.17, 15) is 9.59 Å². The molecule has 2 N–H and O–H groups in total. The normalized spacial score (nSPS) is 10.8. The number of carbonyl (C=O) groups excluding carboxylic acids is 1. The molecule has 1 heterocycles. The van der Waals surface area contributed by atoms with Gasteiger partial charge in [0.1, 0.15) is 0 Å². The summed E-state index contributed by atoms with van der Waals surface area (Å²) < 4.78 is 10.5. The lowest BCUT2D eigenvalue weighted by Gasteiger charge is -2.09. The lowest BCUT2D eigenvalue weighted by molar-refractivity contribution is -0.123. The van der Waals surface area contributed by atoms with Gasteiger partial charge in [0.2, 0.25) is 0 Å². The number of benzene rings is 2. The standard InChI is InChI=1S/C19H17N3O4/c1-25-16-8-4-5-9-17(16)26-12-18(23)22-20-11-14-10-13-6-2-3-7-15(13)21-19(14)24/h2-11H,12H2,1H3,(H,21,24)(H,22,23). The first-order valence-electron chi connectivity index (χ1n) is 7.87. The zero-order valence-corrected chi connectivity index (χ0v) is 14.1. The molecule has 7 nitrogen and oxygen atoms in total. The molecule has 0 unspecified atom stereocenters. The molecule has 0 spiro atoms. The Morgan fingerprint density at radius 1 is 1.15 bits per heavy atom. The van der Waals surface area contributed by atoms with Crippen molar-refractivity contribution in [2.24, 2.45) is 5.10 Å². The number of aromatic amines is 1. The smallest absolute Gasteiger partial charge is 0.277 e. The van der Waals surface area contributed by atoms with Crippen LogP contribution >= 0.6 is 0 Å². The van der Waals surface area contributed by atoms with Crippen molar-refractivity contribution >= 4 is 23.0 Å². The van der Waals surface area contributed by atoms with Crippen LogP contribution in [0.5, 0.6) is 11.5 Å². The van der Waals surface area contributed by atoms with Gasteiger partial charge in [-0.1, -0.05) is 30.3 Å². The molecule has 0 saturated heterocycles. The van der Waals surface area contributed by atoms with E-state index in [4.69, 9.17) is 9.47 Å². The maximum atomic E-state index is 12.0. The second-order valence-electron chi connectivity index (χ2n) is 5.37. The fraction of sp³-hybridized carbons (Fsp3) is 0.105. The van der Waals surface area contributed by atoms with Crippen LogP contribution in [0.3, 0.4) is 0 Å². The highest BCUT2D eigenvalue weighted by molar-refractivity contribution is 5.88. The molecule has 0 aliphatic heterocycles. The topological polar surface area (TPSA) is 92.8 Å². The molecule has 0 bridgehead atoms. The number of aromatic nitrogens is 1. The second-order valence-corrected chi connectivity index (χ2v) is 5.37. The number of carbonyl (C=O) groups is 1. The van der Waals surface area contributed by atoms with E-state index in [1.807, 2.05) is 24.3 Å². The number of pyridine rings is 1. The molecule has 0 radical (unpaired) electrons. The van der Waals surface area contributed by atoms with Crippen molar-refractivity contribution in [3.63, 3.8) is 0 Å². The van der Waals surface area contributed by atoms with Crippen molar-refractivity contribution < 1.29 is 14.3 Å². The molecule has 1 amide bonds. The maximum Gasteiger partial charge on any atom is 0.277 e. The first kappa shape index (κ1) is 17.2. The number of methoxy groups -OCH3 is 1. The Balaban J connectivity index is 1.61. The van der Waals surface area contributed by atoms with E-state index in [1.165, 1.54) is 13.3 Å². The summed E-state index contributed by atoms with van der Waals surface area (Å²) in [5.41, 5.74) is 3.12. The number of nitrogens with one attached hydrogen (secondary N) is 2. The largest absolute Gasteiger partial charge is 0.493 e. The number of amides is 1. The molecule has 0 fully saturated rings. The van der Waals surface area contributed by atoms with E-state index in [0.717, 1.165) is 10.9 Å².